The third-order valence-electron chi connectivity index (χ3n) is 11.0. The molecule has 4 aromatic carbocycles. The Hall–Kier alpha value is -5.49. The smallest absolute Gasteiger partial charge is 0.411 e. The number of amides is 2. The lowest BCUT2D eigenvalue weighted by Gasteiger charge is -2.20. The second-order valence-electron chi connectivity index (χ2n) is 14.9. The molecule has 286 valence electrons. The van der Waals surface area contributed by atoms with Crippen molar-refractivity contribution in [3.8, 4) is 16.9 Å². The molecule has 5 aromatic rings. The summed E-state index contributed by atoms with van der Waals surface area (Å²) in [5.74, 6) is 1.01. The van der Waals surface area contributed by atoms with Crippen molar-refractivity contribution in [2.75, 3.05) is 45.1 Å². The van der Waals surface area contributed by atoms with Crippen LogP contribution in [0.2, 0.25) is 0 Å². The van der Waals surface area contributed by atoms with Crippen LogP contribution in [-0.4, -0.2) is 82.9 Å². The number of aliphatic hydroxyl groups excluding tert-OH is 1. The molecule has 1 aliphatic carbocycles. The first kappa shape index (κ1) is 37.8. The number of hydrogen-bond donors (Lipinski definition) is 5. The summed E-state index contributed by atoms with van der Waals surface area (Å²) >= 11 is 0. The number of nitrogens with one attached hydrogen (secondary N) is 3. The zero-order valence-electron chi connectivity index (χ0n) is 31.1. The number of aromatic nitrogens is 1. The van der Waals surface area contributed by atoms with Crippen molar-refractivity contribution in [2.24, 2.45) is 11.8 Å². The van der Waals surface area contributed by atoms with Crippen molar-refractivity contribution in [1.82, 2.24) is 20.1 Å². The Bertz CT molecular complexity index is 2160. The van der Waals surface area contributed by atoms with E-state index in [0.29, 0.717) is 54.2 Å². The molecule has 1 aliphatic heterocycles. The van der Waals surface area contributed by atoms with E-state index in [0.717, 1.165) is 54.9 Å². The van der Waals surface area contributed by atoms with E-state index in [1.807, 2.05) is 54.6 Å². The number of aliphatic hydroxyl groups is 1. The lowest BCUT2D eigenvalue weighted by atomic mass is 10.0. The van der Waals surface area contributed by atoms with E-state index in [-0.39, 0.29) is 29.9 Å². The van der Waals surface area contributed by atoms with E-state index in [1.165, 1.54) is 17.7 Å². The second-order valence-corrected chi connectivity index (χ2v) is 14.9. The molecule has 2 aliphatic rings. The van der Waals surface area contributed by atoms with E-state index >= 15 is 0 Å². The molecule has 5 N–H and O–H groups in total. The van der Waals surface area contributed by atoms with Gasteiger partial charge in [0.1, 0.15) is 11.9 Å². The molecule has 0 bridgehead atoms. The molecular formula is C44H49N5O6. The summed E-state index contributed by atoms with van der Waals surface area (Å²) in [6.07, 6.45) is 1.46. The maximum Gasteiger partial charge on any atom is 0.411 e. The van der Waals surface area contributed by atoms with Gasteiger partial charge >= 0.3 is 6.09 Å². The third-order valence-corrected chi connectivity index (χ3v) is 11.0. The Labute approximate surface area is 321 Å². The average molecular weight is 744 g/mol. The third kappa shape index (κ3) is 9.43. The van der Waals surface area contributed by atoms with E-state index in [2.05, 4.69) is 44.8 Å². The molecule has 4 atom stereocenters. The zero-order valence-corrected chi connectivity index (χ0v) is 31.1. The Morgan fingerprint density at radius 1 is 0.927 bits per heavy atom. The lowest BCUT2D eigenvalue weighted by Crippen LogP contribution is -2.35. The van der Waals surface area contributed by atoms with Crippen molar-refractivity contribution in [1.29, 1.82) is 0 Å². The summed E-state index contributed by atoms with van der Waals surface area (Å²) in [5, 5.41) is 27.7. The van der Waals surface area contributed by atoms with Gasteiger partial charge in [-0.05, 0) is 71.6 Å². The van der Waals surface area contributed by atoms with Crippen molar-refractivity contribution in [3.05, 3.63) is 130 Å². The molecule has 0 spiro atoms. The quantitative estimate of drug-likeness (QED) is 0.0862. The van der Waals surface area contributed by atoms with Crippen molar-refractivity contribution < 1.29 is 24.5 Å². The summed E-state index contributed by atoms with van der Waals surface area (Å²) in [6, 6.07) is 32.4. The fourth-order valence-electron chi connectivity index (χ4n) is 8.17. The first-order valence-corrected chi connectivity index (χ1v) is 19.1. The van der Waals surface area contributed by atoms with Gasteiger partial charge in [-0.25, -0.2) is 4.79 Å². The lowest BCUT2D eigenvalue weighted by molar-refractivity contribution is -0.129. The molecule has 2 heterocycles. The number of anilines is 1. The van der Waals surface area contributed by atoms with Crippen LogP contribution in [0.25, 0.3) is 22.0 Å². The predicted octanol–water partition coefficient (Wildman–Crippen LogP) is 6.07. The van der Waals surface area contributed by atoms with Crippen LogP contribution in [0.15, 0.2) is 108 Å². The summed E-state index contributed by atoms with van der Waals surface area (Å²) in [4.78, 5) is 44.4. The number of aryl methyl sites for hydroxylation is 1. The first-order chi connectivity index (χ1) is 26.7. The van der Waals surface area contributed by atoms with Gasteiger partial charge in [-0.2, -0.15) is 0 Å². The van der Waals surface area contributed by atoms with Gasteiger partial charge in [0, 0.05) is 69.8 Å². The molecular weight excluding hydrogens is 695 g/mol. The minimum atomic E-state index is -0.860. The van der Waals surface area contributed by atoms with Crippen molar-refractivity contribution in [3.63, 3.8) is 0 Å². The van der Waals surface area contributed by atoms with Gasteiger partial charge in [-0.15, -0.1) is 0 Å². The van der Waals surface area contributed by atoms with Crippen LogP contribution < -0.4 is 16.2 Å². The maximum atomic E-state index is 13.0. The number of phenols is 1. The van der Waals surface area contributed by atoms with Gasteiger partial charge in [-0.1, -0.05) is 78.9 Å². The van der Waals surface area contributed by atoms with E-state index < -0.39 is 12.2 Å². The topological polar surface area (TPSA) is 147 Å². The van der Waals surface area contributed by atoms with E-state index in [4.69, 9.17) is 4.74 Å². The first-order valence-electron chi connectivity index (χ1n) is 19.1. The number of phenolic OH excluding ortho intramolecular Hbond substituents is 1. The molecule has 1 saturated heterocycles. The number of aromatic amines is 1. The number of fused-ring (bicyclic) bond motifs is 2. The van der Waals surface area contributed by atoms with Gasteiger partial charge < -0.3 is 30.2 Å². The van der Waals surface area contributed by atoms with Gasteiger partial charge in [0.15, 0.2) is 0 Å². The fourth-order valence-corrected chi connectivity index (χ4v) is 8.17. The van der Waals surface area contributed by atoms with Crippen LogP contribution in [-0.2, 0) is 22.5 Å². The number of rotatable bonds is 14. The highest BCUT2D eigenvalue weighted by Gasteiger charge is 2.42. The average Bonchev–Trinajstić information content (AvgIpc) is 3.74. The van der Waals surface area contributed by atoms with Crippen LogP contribution in [0.1, 0.15) is 42.1 Å². The number of carbonyl (C=O) groups is 2. The van der Waals surface area contributed by atoms with Crippen LogP contribution in [0.3, 0.4) is 0 Å². The molecule has 0 radical (unpaired) electrons. The number of likely N-dealkylation sites (tertiary alicyclic amines) is 1. The summed E-state index contributed by atoms with van der Waals surface area (Å²) in [5.41, 5.74) is 5.68. The number of nitrogens with zero attached hydrogens (tertiary/aromatic N) is 2. The monoisotopic (exact) mass is 743 g/mol. The molecule has 7 rings (SSSR count). The summed E-state index contributed by atoms with van der Waals surface area (Å²) < 4.78 is 5.92. The van der Waals surface area contributed by atoms with Gasteiger partial charge in [0.05, 0.1) is 17.3 Å². The Morgan fingerprint density at radius 2 is 1.67 bits per heavy atom. The highest BCUT2D eigenvalue weighted by molar-refractivity contribution is 5.91. The molecule has 1 saturated carbocycles. The van der Waals surface area contributed by atoms with Gasteiger partial charge in [-0.3, -0.25) is 19.8 Å². The normalized spacial score (nSPS) is 18.5. The largest absolute Gasteiger partial charge is 0.506 e. The number of H-pyrrole nitrogens is 1. The van der Waals surface area contributed by atoms with Crippen LogP contribution in [0.4, 0.5) is 10.5 Å². The van der Waals surface area contributed by atoms with E-state index in [1.54, 1.807) is 24.1 Å². The number of likely N-dealkylation sites (N-methyl/N-ethyl adjacent to an activating group) is 1. The SMILES string of the molecule is CN(CCNC[C@H](O)c1ccc(O)c2[nH]c(=O)ccc12)C(=O)CCc1cccc(CN2C[C@H]3CC(OC(=O)Nc4ccccc4-c4ccccc4)C[C@H]3C2)c1. The molecule has 11 nitrogen and oxygen atoms in total. The molecule has 2 fully saturated rings. The van der Waals surface area contributed by atoms with E-state index in [9.17, 15) is 24.6 Å². The van der Waals surface area contributed by atoms with Crippen LogP contribution >= 0.6 is 0 Å². The standard InChI is InChI=1S/C44H49N5O6/c1-48(21-20-45-25-40(51)36-15-17-39(50)43-37(36)16-18-41(52)47-43)42(53)19-14-29-8-7-9-30(22-29)26-49-27-32-23-34(24-33(32)28-49)55-44(54)46-38-13-6-5-12-35(38)31-10-3-2-4-11-31/h2-13,15-18,22,32-34,40,45,50-51H,14,19-21,23-28H2,1H3,(H,46,54)(H,47,52)/t32-,33+,34?,40-/m0/s1. The Morgan fingerprint density at radius 3 is 2.47 bits per heavy atom. The number of para-hydroxylation sites is 1. The number of benzene rings is 4. The van der Waals surface area contributed by atoms with Crippen LogP contribution in [0.5, 0.6) is 5.75 Å². The fraction of sp³-hybridized carbons (Fsp3) is 0.341. The van der Waals surface area contributed by atoms with Crippen molar-refractivity contribution >= 4 is 28.6 Å². The predicted molar refractivity (Wildman–Crippen MR) is 214 cm³/mol. The number of hydrogen-bond acceptors (Lipinski definition) is 8. The Balaban J connectivity index is 0.810. The molecule has 1 unspecified atom stereocenters. The number of ether oxygens (including phenoxy) is 1. The second kappa shape index (κ2) is 17.3. The number of aromatic hydroxyl groups is 1. The highest BCUT2D eigenvalue weighted by atomic mass is 16.6. The van der Waals surface area contributed by atoms with Gasteiger partial charge in [0.2, 0.25) is 11.5 Å². The van der Waals surface area contributed by atoms with Crippen LogP contribution in [0, 0.1) is 11.8 Å². The minimum Gasteiger partial charge on any atom is -0.506 e. The maximum absolute atomic E-state index is 13.0. The zero-order chi connectivity index (χ0) is 38.3. The van der Waals surface area contributed by atoms with Gasteiger partial charge in [0.25, 0.3) is 0 Å². The minimum absolute atomic E-state index is 0.0516. The number of pyridine rings is 1. The summed E-state index contributed by atoms with van der Waals surface area (Å²) in [6.45, 7) is 4.06. The molecule has 1 aromatic heterocycles. The molecule has 55 heavy (non-hydrogen) atoms. The molecule has 2 amide bonds. The highest BCUT2D eigenvalue weighted by Crippen LogP contribution is 2.40. The molecule has 11 heteroatoms. The number of carbonyl (C=O) groups excluding carboxylic acids is 2. The van der Waals surface area contributed by atoms with Crippen molar-refractivity contribution in [2.45, 2.75) is 44.4 Å². The summed E-state index contributed by atoms with van der Waals surface area (Å²) in [7, 11) is 1.79. The Kier molecular flexibility index (Phi) is 11.9.